The number of carbonyl (C=O) groups excluding carboxylic acids is 1. The fraction of sp³-hybridized carbons (Fsp3) is 0.316. The Morgan fingerprint density at radius 2 is 1.80 bits per heavy atom. The molecule has 2 aromatic carbocycles. The Hall–Kier alpha value is -2.44. The second-order valence-corrected chi connectivity index (χ2v) is 6.03. The van der Waals surface area contributed by atoms with Crippen LogP contribution in [0.2, 0.25) is 0 Å². The van der Waals surface area contributed by atoms with Crippen molar-refractivity contribution in [1.82, 2.24) is 10.6 Å². The number of halogens is 1. The number of anilines is 1. The summed E-state index contributed by atoms with van der Waals surface area (Å²) in [7, 11) is 0. The lowest BCUT2D eigenvalue weighted by Crippen LogP contribution is -2.45. The van der Waals surface area contributed by atoms with Gasteiger partial charge in [0.15, 0.2) is 0 Å². The number of rotatable bonds is 5. The molecule has 0 spiro atoms. The van der Waals surface area contributed by atoms with Crippen molar-refractivity contribution in [3.63, 3.8) is 0 Å². The summed E-state index contributed by atoms with van der Waals surface area (Å²) in [6.07, 6.45) is 0.733. The molecule has 1 aliphatic heterocycles. The summed E-state index contributed by atoms with van der Waals surface area (Å²) >= 11 is 0. The van der Waals surface area contributed by atoms with Crippen molar-refractivity contribution in [3.05, 3.63) is 65.5 Å². The number of amides is 2. The van der Waals surface area contributed by atoms with Crippen LogP contribution < -0.4 is 16.0 Å². The van der Waals surface area contributed by atoms with Crippen LogP contribution in [0.15, 0.2) is 48.5 Å². The predicted octanol–water partition coefficient (Wildman–Crippen LogP) is 2.53. The van der Waals surface area contributed by atoms with Gasteiger partial charge in [0.05, 0.1) is 12.7 Å². The molecule has 0 radical (unpaired) electrons. The largest absolute Gasteiger partial charge is 0.374 e. The van der Waals surface area contributed by atoms with Gasteiger partial charge in [0.2, 0.25) is 0 Å². The fourth-order valence-electron chi connectivity index (χ4n) is 2.68. The molecule has 3 N–H and O–H groups in total. The highest BCUT2D eigenvalue weighted by Crippen LogP contribution is 2.14. The molecule has 2 amide bonds. The molecule has 6 heteroatoms. The van der Waals surface area contributed by atoms with Crippen LogP contribution in [-0.2, 0) is 11.2 Å². The number of urea groups is 1. The molecule has 2 aromatic rings. The lowest BCUT2D eigenvalue weighted by atomic mass is 10.0. The van der Waals surface area contributed by atoms with Crippen molar-refractivity contribution in [2.24, 2.45) is 0 Å². The lowest BCUT2D eigenvalue weighted by Gasteiger charge is -2.23. The molecule has 0 aromatic heterocycles. The number of nitrogens with one attached hydrogen (secondary N) is 3. The van der Waals surface area contributed by atoms with Crippen LogP contribution in [0.1, 0.15) is 11.1 Å². The van der Waals surface area contributed by atoms with Crippen LogP contribution >= 0.6 is 0 Å². The minimum Gasteiger partial charge on any atom is -0.374 e. The van der Waals surface area contributed by atoms with Crippen LogP contribution in [0, 0.1) is 5.82 Å². The van der Waals surface area contributed by atoms with Gasteiger partial charge in [-0.05, 0) is 41.8 Å². The topological polar surface area (TPSA) is 62.4 Å². The van der Waals surface area contributed by atoms with Gasteiger partial charge in [-0.1, -0.05) is 24.3 Å². The van der Waals surface area contributed by atoms with Crippen molar-refractivity contribution >= 4 is 11.7 Å². The zero-order valence-corrected chi connectivity index (χ0v) is 13.9. The lowest BCUT2D eigenvalue weighted by molar-refractivity contribution is 0.0310. The Morgan fingerprint density at radius 1 is 1.12 bits per heavy atom. The summed E-state index contributed by atoms with van der Waals surface area (Å²) in [6, 6.07) is 13.8. The summed E-state index contributed by atoms with van der Waals surface area (Å²) in [5, 5.41) is 8.83. The fourth-order valence-corrected chi connectivity index (χ4v) is 2.68. The molecule has 1 saturated heterocycles. The second-order valence-electron chi connectivity index (χ2n) is 6.03. The number of benzene rings is 2. The SMILES string of the molecule is O=C(NCC1CNCCO1)Nc1ccc(Cc2ccc(F)cc2)cc1. The van der Waals surface area contributed by atoms with E-state index in [0.29, 0.717) is 13.2 Å². The van der Waals surface area contributed by atoms with Crippen LogP contribution in [0.25, 0.3) is 0 Å². The van der Waals surface area contributed by atoms with E-state index in [1.54, 1.807) is 12.1 Å². The first-order valence-electron chi connectivity index (χ1n) is 8.39. The first kappa shape index (κ1) is 17.4. The summed E-state index contributed by atoms with van der Waals surface area (Å²) in [6.45, 7) is 2.75. The maximum absolute atomic E-state index is 12.9. The molecule has 0 aliphatic carbocycles. The first-order valence-corrected chi connectivity index (χ1v) is 8.39. The molecular weight excluding hydrogens is 321 g/mol. The third-order valence-corrected chi connectivity index (χ3v) is 4.03. The van der Waals surface area contributed by atoms with Gasteiger partial charge in [0.1, 0.15) is 5.82 Å². The van der Waals surface area contributed by atoms with Crippen molar-refractivity contribution in [2.75, 3.05) is 31.6 Å². The minimum absolute atomic E-state index is 0.0117. The zero-order valence-electron chi connectivity index (χ0n) is 13.9. The highest BCUT2D eigenvalue weighted by molar-refractivity contribution is 5.89. The monoisotopic (exact) mass is 343 g/mol. The number of hydrogen-bond donors (Lipinski definition) is 3. The maximum atomic E-state index is 12.9. The van der Waals surface area contributed by atoms with Gasteiger partial charge >= 0.3 is 6.03 Å². The molecule has 1 aliphatic rings. The molecule has 25 heavy (non-hydrogen) atoms. The summed E-state index contributed by atoms with van der Waals surface area (Å²) in [5.74, 6) is -0.233. The molecule has 1 unspecified atom stereocenters. The second kappa shape index (κ2) is 8.60. The molecule has 3 rings (SSSR count). The Kier molecular flexibility index (Phi) is 5.98. The maximum Gasteiger partial charge on any atom is 0.319 e. The number of hydrogen-bond acceptors (Lipinski definition) is 3. The number of carbonyl (C=O) groups is 1. The van der Waals surface area contributed by atoms with E-state index in [0.717, 1.165) is 36.3 Å². The Morgan fingerprint density at radius 3 is 2.44 bits per heavy atom. The molecule has 132 valence electrons. The van der Waals surface area contributed by atoms with E-state index in [4.69, 9.17) is 4.74 Å². The number of ether oxygens (including phenoxy) is 1. The van der Waals surface area contributed by atoms with Gasteiger partial charge in [-0.15, -0.1) is 0 Å². The average molecular weight is 343 g/mol. The standard InChI is InChI=1S/C19H22FN3O2/c20-16-5-1-14(2-6-16)11-15-3-7-17(8-4-15)23-19(24)22-13-18-12-21-9-10-25-18/h1-8,18,21H,9-13H2,(H2,22,23,24). The van der Waals surface area contributed by atoms with Gasteiger partial charge < -0.3 is 20.7 Å². The molecule has 0 saturated carbocycles. The van der Waals surface area contributed by atoms with Crippen molar-refractivity contribution in [3.8, 4) is 0 Å². The smallest absolute Gasteiger partial charge is 0.319 e. The predicted molar refractivity (Wildman–Crippen MR) is 95.3 cm³/mol. The summed E-state index contributed by atoms with van der Waals surface area (Å²) < 4.78 is 18.5. The van der Waals surface area contributed by atoms with Gasteiger partial charge in [-0.2, -0.15) is 0 Å². The molecular formula is C19H22FN3O2. The van der Waals surface area contributed by atoms with Gasteiger partial charge in [-0.3, -0.25) is 0 Å². The molecule has 0 bridgehead atoms. The van der Waals surface area contributed by atoms with Crippen molar-refractivity contribution in [2.45, 2.75) is 12.5 Å². The van der Waals surface area contributed by atoms with Crippen LogP contribution in [0.4, 0.5) is 14.9 Å². The highest BCUT2D eigenvalue weighted by Gasteiger charge is 2.14. The minimum atomic E-state index is -0.250. The van der Waals surface area contributed by atoms with Crippen molar-refractivity contribution < 1.29 is 13.9 Å². The van der Waals surface area contributed by atoms with Crippen molar-refractivity contribution in [1.29, 1.82) is 0 Å². The van der Waals surface area contributed by atoms with Gasteiger partial charge in [-0.25, -0.2) is 9.18 Å². The normalized spacial score (nSPS) is 17.1. The highest BCUT2D eigenvalue weighted by atomic mass is 19.1. The van der Waals surface area contributed by atoms with Crippen LogP contribution in [0.3, 0.4) is 0 Å². The number of morpholine rings is 1. The molecule has 1 fully saturated rings. The summed E-state index contributed by atoms with van der Waals surface area (Å²) in [4.78, 5) is 11.9. The van der Waals surface area contributed by atoms with Crippen LogP contribution in [-0.4, -0.2) is 38.4 Å². The Labute approximate surface area is 146 Å². The third kappa shape index (κ3) is 5.55. The first-order chi connectivity index (χ1) is 12.2. The van der Waals surface area contributed by atoms with Gasteiger partial charge in [0, 0.05) is 25.3 Å². The van der Waals surface area contributed by atoms with E-state index in [1.807, 2.05) is 24.3 Å². The van der Waals surface area contributed by atoms with E-state index < -0.39 is 0 Å². The van der Waals surface area contributed by atoms with E-state index in [2.05, 4.69) is 16.0 Å². The zero-order chi connectivity index (χ0) is 17.5. The van der Waals surface area contributed by atoms with Gasteiger partial charge in [0.25, 0.3) is 0 Å². The Bertz CT molecular complexity index is 683. The van der Waals surface area contributed by atoms with Crippen LogP contribution in [0.5, 0.6) is 0 Å². The van der Waals surface area contributed by atoms with E-state index >= 15 is 0 Å². The third-order valence-electron chi connectivity index (χ3n) is 4.03. The molecule has 5 nitrogen and oxygen atoms in total. The van der Waals surface area contributed by atoms with E-state index in [-0.39, 0.29) is 18.0 Å². The van der Waals surface area contributed by atoms with E-state index in [9.17, 15) is 9.18 Å². The average Bonchev–Trinajstić information content (AvgIpc) is 2.64. The summed E-state index contributed by atoms with van der Waals surface area (Å²) in [5.41, 5.74) is 2.86. The van der Waals surface area contributed by atoms with E-state index in [1.165, 1.54) is 12.1 Å². The quantitative estimate of drug-likeness (QED) is 0.782. The Balaban J connectivity index is 1.46. The molecule has 1 atom stereocenters. The molecule has 1 heterocycles.